The third-order valence-electron chi connectivity index (χ3n) is 2.64. The van der Waals surface area contributed by atoms with Gasteiger partial charge in [0.15, 0.2) is 4.34 Å². The molecule has 5 nitrogen and oxygen atoms in total. The molecule has 0 aliphatic rings. The van der Waals surface area contributed by atoms with Crippen molar-refractivity contribution in [2.24, 2.45) is 0 Å². The second kappa shape index (κ2) is 8.15. The lowest BCUT2D eigenvalue weighted by Crippen LogP contribution is -2.18. The first kappa shape index (κ1) is 18.3. The molecular formula is C14H13F3N4OS2. The van der Waals surface area contributed by atoms with Crippen molar-refractivity contribution in [2.45, 2.75) is 10.5 Å². The number of aromatic nitrogens is 2. The number of carbonyl (C=O) groups excluding carboxylic acids is 1. The fourth-order valence-corrected chi connectivity index (χ4v) is 3.21. The average Bonchev–Trinajstić information content (AvgIpc) is 2.98. The Hall–Kier alpha value is -2.07. The summed E-state index contributed by atoms with van der Waals surface area (Å²) >= 11 is 2.35. The number of nitrogens with one attached hydrogen (secondary N) is 2. The largest absolute Gasteiger partial charge is 0.418 e. The van der Waals surface area contributed by atoms with Crippen molar-refractivity contribution in [3.63, 3.8) is 0 Å². The number of para-hydroxylation sites is 1. The molecule has 128 valence electrons. The minimum absolute atomic E-state index is 0.0672. The Balaban J connectivity index is 1.92. The molecule has 1 amide bonds. The van der Waals surface area contributed by atoms with E-state index in [1.165, 1.54) is 29.5 Å². The van der Waals surface area contributed by atoms with E-state index >= 15 is 0 Å². The minimum Gasteiger partial charge on any atom is -0.357 e. The quantitative estimate of drug-likeness (QED) is 0.569. The maximum Gasteiger partial charge on any atom is 0.418 e. The molecule has 2 N–H and O–H groups in total. The van der Waals surface area contributed by atoms with E-state index in [4.69, 9.17) is 0 Å². The Bertz CT molecular complexity index is 718. The van der Waals surface area contributed by atoms with Crippen molar-refractivity contribution in [1.82, 2.24) is 10.2 Å². The summed E-state index contributed by atoms with van der Waals surface area (Å²) in [6.45, 7) is 4.10. The van der Waals surface area contributed by atoms with Gasteiger partial charge in [-0.1, -0.05) is 41.3 Å². The molecule has 10 heteroatoms. The zero-order valence-corrected chi connectivity index (χ0v) is 13.9. The predicted molar refractivity (Wildman–Crippen MR) is 89.4 cm³/mol. The molecule has 0 unspecified atom stereocenters. The number of alkyl halides is 3. The van der Waals surface area contributed by atoms with Crippen LogP contribution in [0.5, 0.6) is 0 Å². The summed E-state index contributed by atoms with van der Waals surface area (Å²) in [6.07, 6.45) is -2.86. The molecule has 1 aromatic heterocycles. The van der Waals surface area contributed by atoms with Gasteiger partial charge in [0.2, 0.25) is 11.0 Å². The van der Waals surface area contributed by atoms with Gasteiger partial charge in [-0.15, -0.1) is 16.8 Å². The van der Waals surface area contributed by atoms with Crippen LogP contribution in [0.15, 0.2) is 41.3 Å². The number of rotatable bonds is 7. The normalized spacial score (nSPS) is 11.1. The summed E-state index contributed by atoms with van der Waals surface area (Å²) in [6, 6.07) is 4.84. The van der Waals surface area contributed by atoms with Crippen LogP contribution < -0.4 is 10.6 Å². The van der Waals surface area contributed by atoms with Gasteiger partial charge in [-0.3, -0.25) is 4.79 Å². The molecule has 0 atom stereocenters. The van der Waals surface area contributed by atoms with Gasteiger partial charge in [0.1, 0.15) is 0 Å². The Kier molecular flexibility index (Phi) is 6.21. The van der Waals surface area contributed by atoms with Crippen molar-refractivity contribution in [1.29, 1.82) is 0 Å². The number of halogens is 3. The predicted octanol–water partition coefficient (Wildman–Crippen LogP) is 3.89. The van der Waals surface area contributed by atoms with Crippen molar-refractivity contribution in [2.75, 3.05) is 22.9 Å². The second-order valence-electron chi connectivity index (χ2n) is 4.42. The van der Waals surface area contributed by atoms with Gasteiger partial charge in [0, 0.05) is 6.54 Å². The first-order chi connectivity index (χ1) is 11.4. The number of anilines is 2. The van der Waals surface area contributed by atoms with Crippen LogP contribution in [0.2, 0.25) is 0 Å². The highest BCUT2D eigenvalue weighted by molar-refractivity contribution is 8.01. The number of hydrogen-bond donors (Lipinski definition) is 2. The van der Waals surface area contributed by atoms with Crippen LogP contribution in [-0.2, 0) is 11.0 Å². The van der Waals surface area contributed by atoms with Crippen molar-refractivity contribution < 1.29 is 18.0 Å². The number of amides is 1. The van der Waals surface area contributed by atoms with Crippen molar-refractivity contribution in [3.05, 3.63) is 42.5 Å². The van der Waals surface area contributed by atoms with Gasteiger partial charge in [0.25, 0.3) is 0 Å². The lowest BCUT2D eigenvalue weighted by atomic mass is 10.1. The molecule has 0 fully saturated rings. The van der Waals surface area contributed by atoms with Gasteiger partial charge in [-0.05, 0) is 12.1 Å². The van der Waals surface area contributed by atoms with Crippen LogP contribution in [0.4, 0.5) is 24.0 Å². The summed E-state index contributed by atoms with van der Waals surface area (Å²) in [7, 11) is 0. The van der Waals surface area contributed by atoms with Gasteiger partial charge >= 0.3 is 6.18 Å². The molecule has 24 heavy (non-hydrogen) atoms. The molecule has 0 saturated heterocycles. The van der Waals surface area contributed by atoms with E-state index in [0.717, 1.165) is 17.8 Å². The molecular weight excluding hydrogens is 361 g/mol. The SMILES string of the molecule is C=CCNc1nnc(SCC(=O)Nc2ccccc2C(F)(F)F)s1. The molecule has 0 spiro atoms. The molecule has 2 rings (SSSR count). The summed E-state index contributed by atoms with van der Waals surface area (Å²) in [5.41, 5.74) is -1.14. The smallest absolute Gasteiger partial charge is 0.357 e. The van der Waals surface area contributed by atoms with Crippen molar-refractivity contribution >= 4 is 39.8 Å². The fraction of sp³-hybridized carbons (Fsp3) is 0.214. The van der Waals surface area contributed by atoms with Crippen LogP contribution in [-0.4, -0.2) is 28.4 Å². The number of carbonyl (C=O) groups is 1. The molecule has 1 aromatic carbocycles. The average molecular weight is 374 g/mol. The Morgan fingerprint density at radius 3 is 2.79 bits per heavy atom. The van der Waals surface area contributed by atoms with Crippen LogP contribution in [0.1, 0.15) is 5.56 Å². The van der Waals surface area contributed by atoms with Gasteiger partial charge in [-0.2, -0.15) is 13.2 Å². The third-order valence-corrected chi connectivity index (χ3v) is 4.65. The molecule has 0 aliphatic heterocycles. The van der Waals surface area contributed by atoms with E-state index in [9.17, 15) is 18.0 Å². The summed E-state index contributed by atoms with van der Waals surface area (Å²) < 4.78 is 39.1. The molecule has 0 radical (unpaired) electrons. The van der Waals surface area contributed by atoms with Crippen LogP contribution in [0.3, 0.4) is 0 Å². The third kappa shape index (κ3) is 5.24. The van der Waals surface area contributed by atoms with E-state index in [1.54, 1.807) is 6.08 Å². The summed E-state index contributed by atoms with van der Waals surface area (Å²) in [4.78, 5) is 11.9. The maximum atomic E-state index is 12.9. The number of benzene rings is 1. The number of hydrogen-bond acceptors (Lipinski definition) is 6. The van der Waals surface area contributed by atoms with Gasteiger partial charge < -0.3 is 10.6 Å². The van der Waals surface area contributed by atoms with Crippen LogP contribution in [0, 0.1) is 0 Å². The van der Waals surface area contributed by atoms with Gasteiger partial charge in [0.05, 0.1) is 17.0 Å². The van der Waals surface area contributed by atoms with E-state index < -0.39 is 17.6 Å². The summed E-state index contributed by atoms with van der Waals surface area (Å²) in [5, 5.41) is 13.6. The first-order valence-electron chi connectivity index (χ1n) is 6.67. The molecule has 0 bridgehead atoms. The highest BCUT2D eigenvalue weighted by Gasteiger charge is 2.33. The molecule has 1 heterocycles. The van der Waals surface area contributed by atoms with Crippen LogP contribution in [0.25, 0.3) is 0 Å². The fourth-order valence-electron chi connectivity index (χ4n) is 1.65. The minimum atomic E-state index is -4.53. The highest BCUT2D eigenvalue weighted by atomic mass is 32.2. The summed E-state index contributed by atoms with van der Waals surface area (Å²) in [5.74, 6) is -0.616. The topological polar surface area (TPSA) is 66.9 Å². The monoisotopic (exact) mass is 374 g/mol. The number of thioether (sulfide) groups is 1. The van der Waals surface area contributed by atoms with Gasteiger partial charge in [-0.25, -0.2) is 0 Å². The Morgan fingerprint density at radius 2 is 2.08 bits per heavy atom. The Labute approximate surface area is 144 Å². The number of nitrogens with zero attached hydrogens (tertiary/aromatic N) is 2. The zero-order valence-electron chi connectivity index (χ0n) is 12.3. The van der Waals surface area contributed by atoms with Crippen LogP contribution >= 0.6 is 23.1 Å². The standard InChI is InChI=1S/C14H13F3N4OS2/c1-2-7-18-12-20-21-13(24-12)23-8-11(22)19-10-6-4-3-5-9(10)14(15,16)17/h2-6H,1,7-8H2,(H,18,20)(H,19,22). The van der Waals surface area contributed by atoms with E-state index in [2.05, 4.69) is 27.4 Å². The first-order valence-corrected chi connectivity index (χ1v) is 8.47. The maximum absolute atomic E-state index is 12.9. The highest BCUT2D eigenvalue weighted by Crippen LogP contribution is 2.34. The van der Waals surface area contributed by atoms with E-state index in [1.807, 2.05) is 0 Å². The zero-order chi connectivity index (χ0) is 17.6. The molecule has 2 aromatic rings. The lowest BCUT2D eigenvalue weighted by Gasteiger charge is -2.13. The van der Waals surface area contributed by atoms with E-state index in [0.29, 0.717) is 16.0 Å². The molecule has 0 saturated carbocycles. The Morgan fingerprint density at radius 1 is 1.33 bits per heavy atom. The second-order valence-corrected chi connectivity index (χ2v) is 6.62. The lowest BCUT2D eigenvalue weighted by molar-refractivity contribution is -0.137. The van der Waals surface area contributed by atoms with E-state index in [-0.39, 0.29) is 11.4 Å². The van der Waals surface area contributed by atoms with Crippen molar-refractivity contribution in [3.8, 4) is 0 Å². The molecule has 0 aliphatic carbocycles.